The molecule has 0 aliphatic rings. The minimum atomic E-state index is -0.233. The fourth-order valence-corrected chi connectivity index (χ4v) is 2.97. The van der Waals surface area contributed by atoms with Gasteiger partial charge in [0.25, 0.3) is 0 Å². The lowest BCUT2D eigenvalue weighted by Gasteiger charge is -2.17. The van der Waals surface area contributed by atoms with Gasteiger partial charge in [0, 0.05) is 24.3 Å². The van der Waals surface area contributed by atoms with Crippen LogP contribution in [0.15, 0.2) is 22.7 Å². The van der Waals surface area contributed by atoms with E-state index in [4.69, 9.17) is 0 Å². The van der Waals surface area contributed by atoms with Gasteiger partial charge in [-0.1, -0.05) is 6.07 Å². The molecule has 0 saturated carbocycles. The van der Waals surface area contributed by atoms with Gasteiger partial charge in [-0.2, -0.15) is 5.10 Å². The predicted molar refractivity (Wildman–Crippen MR) is 82.3 cm³/mol. The first-order chi connectivity index (χ1) is 9.43. The summed E-state index contributed by atoms with van der Waals surface area (Å²) in [5.74, 6) is -0.233. The fraction of sp³-hybridized carbons (Fsp3) is 0.400. The molecular formula is C15H19BrFN3. The Hall–Kier alpha value is -1.20. The fourth-order valence-electron chi connectivity index (χ4n) is 2.55. The summed E-state index contributed by atoms with van der Waals surface area (Å²) >= 11 is 3.24. The van der Waals surface area contributed by atoms with Crippen LogP contribution in [0, 0.1) is 19.7 Å². The zero-order chi connectivity index (χ0) is 14.9. The molecule has 1 aromatic heterocycles. The summed E-state index contributed by atoms with van der Waals surface area (Å²) in [6.45, 7) is 4.09. The summed E-state index contributed by atoms with van der Waals surface area (Å²) in [6, 6.07) is 5.32. The van der Waals surface area contributed by atoms with Crippen molar-refractivity contribution in [1.29, 1.82) is 0 Å². The van der Waals surface area contributed by atoms with Gasteiger partial charge >= 0.3 is 0 Å². The van der Waals surface area contributed by atoms with E-state index in [1.807, 2.05) is 37.8 Å². The first-order valence-electron chi connectivity index (χ1n) is 6.55. The number of hydrogen-bond acceptors (Lipinski definition) is 2. The van der Waals surface area contributed by atoms with Crippen LogP contribution in [0.1, 0.15) is 28.6 Å². The first-order valence-corrected chi connectivity index (χ1v) is 7.34. The Morgan fingerprint density at radius 2 is 2.10 bits per heavy atom. The summed E-state index contributed by atoms with van der Waals surface area (Å²) < 4.78 is 15.7. The van der Waals surface area contributed by atoms with Crippen molar-refractivity contribution in [2.24, 2.45) is 7.05 Å². The van der Waals surface area contributed by atoms with E-state index in [-0.39, 0.29) is 11.9 Å². The molecule has 108 valence electrons. The van der Waals surface area contributed by atoms with Crippen molar-refractivity contribution in [1.82, 2.24) is 15.1 Å². The van der Waals surface area contributed by atoms with Gasteiger partial charge in [-0.05, 0) is 60.9 Å². The van der Waals surface area contributed by atoms with Crippen LogP contribution in [0.2, 0.25) is 0 Å². The zero-order valence-corrected chi connectivity index (χ0v) is 13.8. The van der Waals surface area contributed by atoms with E-state index < -0.39 is 0 Å². The molecule has 0 bridgehead atoms. The molecule has 0 radical (unpaired) electrons. The maximum absolute atomic E-state index is 13.3. The van der Waals surface area contributed by atoms with Crippen LogP contribution in [0.25, 0.3) is 0 Å². The summed E-state index contributed by atoms with van der Waals surface area (Å²) in [4.78, 5) is 0. The van der Waals surface area contributed by atoms with Crippen LogP contribution in [-0.2, 0) is 13.5 Å². The van der Waals surface area contributed by atoms with Crippen LogP contribution in [0.5, 0.6) is 0 Å². The van der Waals surface area contributed by atoms with Crippen LogP contribution >= 0.6 is 15.9 Å². The minimum absolute atomic E-state index is 0.168. The average molecular weight is 340 g/mol. The van der Waals surface area contributed by atoms with E-state index >= 15 is 0 Å². The number of benzene rings is 1. The molecule has 1 heterocycles. The molecule has 0 aliphatic carbocycles. The third-order valence-electron chi connectivity index (χ3n) is 3.69. The molecule has 1 atom stereocenters. The molecule has 2 aromatic rings. The van der Waals surface area contributed by atoms with Gasteiger partial charge in [-0.25, -0.2) is 4.39 Å². The van der Waals surface area contributed by atoms with Crippen molar-refractivity contribution in [2.45, 2.75) is 26.3 Å². The van der Waals surface area contributed by atoms with Gasteiger partial charge in [-0.15, -0.1) is 0 Å². The highest BCUT2D eigenvalue weighted by Crippen LogP contribution is 2.26. The van der Waals surface area contributed by atoms with Crippen LogP contribution < -0.4 is 5.32 Å². The van der Waals surface area contributed by atoms with Gasteiger partial charge in [0.15, 0.2) is 0 Å². The second-order valence-electron chi connectivity index (χ2n) is 5.00. The Balaban J connectivity index is 2.31. The molecule has 0 fully saturated rings. The second-order valence-corrected chi connectivity index (χ2v) is 5.86. The van der Waals surface area contributed by atoms with Crippen molar-refractivity contribution in [2.75, 3.05) is 7.05 Å². The Bertz CT molecular complexity index is 622. The monoisotopic (exact) mass is 339 g/mol. The summed E-state index contributed by atoms with van der Waals surface area (Å²) in [5.41, 5.74) is 4.49. The minimum Gasteiger partial charge on any atom is -0.313 e. The van der Waals surface area contributed by atoms with Crippen molar-refractivity contribution in [3.8, 4) is 0 Å². The zero-order valence-electron chi connectivity index (χ0n) is 12.2. The Morgan fingerprint density at radius 1 is 1.40 bits per heavy atom. The molecule has 0 saturated heterocycles. The van der Waals surface area contributed by atoms with Gasteiger partial charge in [0.05, 0.1) is 10.2 Å². The third-order valence-corrected chi connectivity index (χ3v) is 4.29. The van der Waals surface area contributed by atoms with Crippen molar-refractivity contribution >= 4 is 15.9 Å². The van der Waals surface area contributed by atoms with Gasteiger partial charge in [0.2, 0.25) is 0 Å². The van der Waals surface area contributed by atoms with Crippen LogP contribution in [0.3, 0.4) is 0 Å². The Labute approximate surface area is 127 Å². The van der Waals surface area contributed by atoms with E-state index in [0.717, 1.165) is 23.4 Å². The van der Waals surface area contributed by atoms with Crippen molar-refractivity contribution in [3.05, 3.63) is 51.0 Å². The van der Waals surface area contributed by atoms with Crippen molar-refractivity contribution in [3.63, 3.8) is 0 Å². The third kappa shape index (κ3) is 2.94. The molecule has 20 heavy (non-hydrogen) atoms. The number of likely N-dealkylation sites (N-methyl/N-ethyl adjacent to an activating group) is 1. The molecule has 5 heteroatoms. The molecule has 2 rings (SSSR count). The lowest BCUT2D eigenvalue weighted by Crippen LogP contribution is -2.20. The number of hydrogen-bond donors (Lipinski definition) is 1. The van der Waals surface area contributed by atoms with E-state index in [1.165, 1.54) is 11.6 Å². The van der Waals surface area contributed by atoms with E-state index in [1.54, 1.807) is 0 Å². The van der Waals surface area contributed by atoms with Gasteiger partial charge < -0.3 is 5.32 Å². The number of aryl methyl sites for hydroxylation is 2. The average Bonchev–Trinajstić information content (AvgIpc) is 2.65. The molecule has 1 N–H and O–H groups in total. The Kier molecular flexibility index (Phi) is 4.60. The molecule has 3 nitrogen and oxygen atoms in total. The smallest absolute Gasteiger partial charge is 0.137 e. The SMILES string of the molecule is CNC(Cc1ccc(F)c(Br)c1)c1c(C)nn(C)c1C. The van der Waals surface area contributed by atoms with E-state index in [0.29, 0.717) is 4.47 Å². The highest BCUT2D eigenvalue weighted by molar-refractivity contribution is 9.10. The summed E-state index contributed by atoms with van der Waals surface area (Å²) in [6.07, 6.45) is 0.794. The molecule has 1 unspecified atom stereocenters. The summed E-state index contributed by atoms with van der Waals surface area (Å²) in [5, 5.41) is 7.79. The first kappa shape index (κ1) is 15.2. The van der Waals surface area contributed by atoms with Crippen LogP contribution in [-0.4, -0.2) is 16.8 Å². The highest BCUT2D eigenvalue weighted by Gasteiger charge is 2.19. The largest absolute Gasteiger partial charge is 0.313 e. The Morgan fingerprint density at radius 3 is 2.60 bits per heavy atom. The molecular weight excluding hydrogens is 321 g/mol. The van der Waals surface area contributed by atoms with Crippen molar-refractivity contribution < 1.29 is 4.39 Å². The maximum Gasteiger partial charge on any atom is 0.137 e. The second kappa shape index (κ2) is 6.06. The molecule has 0 spiro atoms. The van der Waals surface area contributed by atoms with E-state index in [9.17, 15) is 4.39 Å². The maximum atomic E-state index is 13.3. The topological polar surface area (TPSA) is 29.9 Å². The predicted octanol–water partition coefficient (Wildman–Crippen LogP) is 3.44. The molecule has 1 aromatic carbocycles. The molecule has 0 aliphatic heterocycles. The van der Waals surface area contributed by atoms with Gasteiger partial charge in [0.1, 0.15) is 5.82 Å². The normalized spacial score (nSPS) is 12.7. The number of halogens is 2. The number of nitrogens with one attached hydrogen (secondary N) is 1. The quantitative estimate of drug-likeness (QED) is 0.924. The number of nitrogens with zero attached hydrogens (tertiary/aromatic N) is 2. The highest BCUT2D eigenvalue weighted by atomic mass is 79.9. The lowest BCUT2D eigenvalue weighted by atomic mass is 9.97. The van der Waals surface area contributed by atoms with Gasteiger partial charge in [-0.3, -0.25) is 4.68 Å². The number of rotatable bonds is 4. The standard InChI is InChI=1S/C15H19BrFN3/c1-9-15(10(2)20(4)19-9)14(18-3)8-11-5-6-13(17)12(16)7-11/h5-7,14,18H,8H2,1-4H3. The van der Waals surface area contributed by atoms with Crippen LogP contribution in [0.4, 0.5) is 4.39 Å². The lowest BCUT2D eigenvalue weighted by molar-refractivity contribution is 0.581. The molecule has 0 amide bonds. The number of aromatic nitrogens is 2. The van der Waals surface area contributed by atoms with E-state index in [2.05, 4.69) is 33.3 Å². The summed E-state index contributed by atoms with van der Waals surface area (Å²) in [7, 11) is 3.89.